The van der Waals surface area contributed by atoms with Gasteiger partial charge in [0.15, 0.2) is 17.3 Å². The molecule has 12 nitrogen and oxygen atoms in total. The van der Waals surface area contributed by atoms with Gasteiger partial charge in [0.25, 0.3) is 11.8 Å². The summed E-state index contributed by atoms with van der Waals surface area (Å²) in [4.78, 5) is 48.2. The molecule has 12 heteroatoms. The highest BCUT2D eigenvalue weighted by molar-refractivity contribution is 6.04. The van der Waals surface area contributed by atoms with Crippen molar-refractivity contribution in [1.29, 1.82) is 0 Å². The average Bonchev–Trinajstić information content (AvgIpc) is 3.42. The van der Waals surface area contributed by atoms with Gasteiger partial charge in [0.1, 0.15) is 6.23 Å². The fourth-order valence-corrected chi connectivity index (χ4v) is 4.27. The van der Waals surface area contributed by atoms with Crippen LogP contribution in [0.2, 0.25) is 0 Å². The first-order valence-corrected chi connectivity index (χ1v) is 12.2. The van der Waals surface area contributed by atoms with E-state index in [-0.39, 0.29) is 42.5 Å². The number of carbonyl (C=O) groups is 3. The van der Waals surface area contributed by atoms with Gasteiger partial charge in [-0.05, 0) is 25.8 Å². The van der Waals surface area contributed by atoms with Crippen LogP contribution >= 0.6 is 0 Å². The van der Waals surface area contributed by atoms with Crippen molar-refractivity contribution in [2.45, 2.75) is 38.5 Å². The number of amides is 3. The Kier molecular flexibility index (Phi) is 8.10. The number of ether oxygens (including phenoxy) is 3. The zero-order valence-corrected chi connectivity index (χ0v) is 21.9. The molecule has 1 aromatic heterocycles. The van der Waals surface area contributed by atoms with E-state index in [1.807, 2.05) is 0 Å². The largest absolute Gasteiger partial charge is 0.493 e. The van der Waals surface area contributed by atoms with Gasteiger partial charge in [0, 0.05) is 45.6 Å². The summed E-state index contributed by atoms with van der Waals surface area (Å²) < 4.78 is 17.9. The van der Waals surface area contributed by atoms with E-state index in [4.69, 9.17) is 14.2 Å². The van der Waals surface area contributed by atoms with Gasteiger partial charge in [-0.2, -0.15) is 0 Å². The van der Waals surface area contributed by atoms with E-state index in [0.717, 1.165) is 5.57 Å². The molecule has 2 atom stereocenters. The van der Waals surface area contributed by atoms with Gasteiger partial charge in [-0.3, -0.25) is 19.4 Å². The lowest BCUT2D eigenvalue weighted by atomic mass is 10.1. The van der Waals surface area contributed by atoms with E-state index in [0.29, 0.717) is 42.1 Å². The molecule has 3 heterocycles. The van der Waals surface area contributed by atoms with Crippen LogP contribution in [0.15, 0.2) is 35.5 Å². The smallest absolute Gasteiger partial charge is 0.289 e. The molecule has 1 fully saturated rings. The standard InChI is InChI=1S/C26H32N6O6/c1-15-9-17-12-27-19-11-21(20(37-5)10-18(19)26(35)32(17)13-15)38-8-6-7-23(33)29-22-14-31(3)24(30-22)25(34)28-16(2)36-4/h10-12,14,16-17H,1,6-9,13H2,2-5H3,(H,28,34)(H,29,33)/t16?,17-/m0/s1. The highest BCUT2D eigenvalue weighted by Crippen LogP contribution is 2.38. The quantitative estimate of drug-likeness (QED) is 0.277. The molecule has 2 aromatic rings. The second kappa shape index (κ2) is 11.5. The minimum absolute atomic E-state index is 0.102. The number of hydrogen-bond donors (Lipinski definition) is 2. The first kappa shape index (κ1) is 26.9. The Morgan fingerprint density at radius 1 is 1.26 bits per heavy atom. The van der Waals surface area contributed by atoms with Crippen LogP contribution < -0.4 is 20.1 Å². The monoisotopic (exact) mass is 524 g/mol. The SMILES string of the molecule is C=C1C[C@H]2C=Nc3cc(OCCCC(=O)Nc4cn(C)c(C(=O)NC(C)OC)n4)c(OC)cc3C(=O)N2C1. The number of fused-ring (bicyclic) bond motifs is 2. The minimum atomic E-state index is -0.472. The van der Waals surface area contributed by atoms with E-state index in [1.165, 1.54) is 18.8 Å². The third-order valence-corrected chi connectivity index (χ3v) is 6.29. The van der Waals surface area contributed by atoms with Gasteiger partial charge in [-0.1, -0.05) is 12.2 Å². The predicted molar refractivity (Wildman–Crippen MR) is 140 cm³/mol. The first-order valence-electron chi connectivity index (χ1n) is 12.2. The molecular formula is C26H32N6O6. The van der Waals surface area contributed by atoms with Crippen molar-refractivity contribution >= 4 is 35.4 Å². The zero-order valence-electron chi connectivity index (χ0n) is 21.9. The Hall–Kier alpha value is -4.19. The van der Waals surface area contributed by atoms with Crippen molar-refractivity contribution < 1.29 is 28.6 Å². The van der Waals surface area contributed by atoms with Crippen LogP contribution in [0.25, 0.3) is 0 Å². The number of aliphatic imine (C=N–C) groups is 1. The van der Waals surface area contributed by atoms with Crippen LogP contribution in [0, 0.1) is 0 Å². The molecule has 2 N–H and O–H groups in total. The molecule has 1 unspecified atom stereocenters. The number of nitrogens with zero attached hydrogens (tertiary/aromatic N) is 4. The summed E-state index contributed by atoms with van der Waals surface area (Å²) >= 11 is 0. The molecule has 2 aliphatic rings. The van der Waals surface area contributed by atoms with Gasteiger partial charge in [-0.25, -0.2) is 4.98 Å². The van der Waals surface area contributed by atoms with Crippen molar-refractivity contribution in [3.63, 3.8) is 0 Å². The Morgan fingerprint density at radius 2 is 2.05 bits per heavy atom. The lowest BCUT2D eigenvalue weighted by Gasteiger charge is -2.20. The summed E-state index contributed by atoms with van der Waals surface area (Å²) in [7, 11) is 4.65. The Bertz CT molecular complexity index is 1290. The normalized spacial score (nSPS) is 16.9. The highest BCUT2D eigenvalue weighted by Gasteiger charge is 2.34. The molecule has 0 aliphatic carbocycles. The summed E-state index contributed by atoms with van der Waals surface area (Å²) in [5.41, 5.74) is 1.96. The fourth-order valence-electron chi connectivity index (χ4n) is 4.27. The molecule has 0 spiro atoms. The predicted octanol–water partition coefficient (Wildman–Crippen LogP) is 2.44. The molecule has 1 saturated heterocycles. The number of aromatic nitrogens is 2. The topological polar surface area (TPSA) is 136 Å². The van der Waals surface area contributed by atoms with Crippen molar-refractivity contribution in [2.24, 2.45) is 12.0 Å². The number of nitrogens with one attached hydrogen (secondary N) is 2. The van der Waals surface area contributed by atoms with E-state index in [9.17, 15) is 14.4 Å². The zero-order chi connectivity index (χ0) is 27.4. The van der Waals surface area contributed by atoms with Gasteiger partial charge in [0.2, 0.25) is 11.7 Å². The van der Waals surface area contributed by atoms with E-state index < -0.39 is 12.1 Å². The van der Waals surface area contributed by atoms with Crippen LogP contribution in [-0.4, -0.2) is 78.0 Å². The molecule has 1 aromatic carbocycles. The summed E-state index contributed by atoms with van der Waals surface area (Å²) in [6, 6.07) is 3.22. The molecule has 38 heavy (non-hydrogen) atoms. The van der Waals surface area contributed by atoms with Crippen LogP contribution in [-0.2, 0) is 16.6 Å². The number of benzene rings is 1. The number of rotatable bonds is 10. The van der Waals surface area contributed by atoms with Crippen molar-refractivity contribution in [2.75, 3.05) is 32.7 Å². The van der Waals surface area contributed by atoms with E-state index >= 15 is 0 Å². The first-order chi connectivity index (χ1) is 18.2. The summed E-state index contributed by atoms with van der Waals surface area (Å²) in [5.74, 6) is 0.467. The number of imidazole rings is 1. The molecular weight excluding hydrogens is 492 g/mol. The number of hydrogen-bond acceptors (Lipinski definition) is 8. The van der Waals surface area contributed by atoms with E-state index in [2.05, 4.69) is 27.2 Å². The summed E-state index contributed by atoms with van der Waals surface area (Å²) in [5, 5.41) is 5.33. The maximum absolute atomic E-state index is 13.1. The Labute approximate surface area is 220 Å². The fraction of sp³-hybridized carbons (Fsp3) is 0.423. The Morgan fingerprint density at radius 3 is 2.79 bits per heavy atom. The molecule has 202 valence electrons. The number of aryl methyl sites for hydroxylation is 1. The summed E-state index contributed by atoms with van der Waals surface area (Å²) in [6.07, 6.45) is 4.14. The van der Waals surface area contributed by atoms with Gasteiger partial charge >= 0.3 is 0 Å². The van der Waals surface area contributed by atoms with Gasteiger partial charge < -0.3 is 34.3 Å². The third kappa shape index (κ3) is 5.86. The lowest BCUT2D eigenvalue weighted by Crippen LogP contribution is -2.35. The van der Waals surface area contributed by atoms with Gasteiger partial charge in [0.05, 0.1) is 31.0 Å². The van der Waals surface area contributed by atoms with E-state index in [1.54, 1.807) is 43.4 Å². The molecule has 0 bridgehead atoms. The number of anilines is 1. The molecule has 4 rings (SSSR count). The van der Waals surface area contributed by atoms with Crippen molar-refractivity contribution in [3.8, 4) is 11.5 Å². The average molecular weight is 525 g/mol. The molecule has 3 amide bonds. The van der Waals surface area contributed by atoms with Crippen molar-refractivity contribution in [3.05, 3.63) is 41.9 Å². The lowest BCUT2D eigenvalue weighted by molar-refractivity contribution is -0.116. The van der Waals surface area contributed by atoms with Gasteiger partial charge in [-0.15, -0.1) is 0 Å². The highest BCUT2D eigenvalue weighted by atomic mass is 16.5. The van der Waals surface area contributed by atoms with Crippen LogP contribution in [0.4, 0.5) is 11.5 Å². The van der Waals surface area contributed by atoms with Crippen molar-refractivity contribution in [1.82, 2.24) is 19.8 Å². The maximum atomic E-state index is 13.1. The minimum Gasteiger partial charge on any atom is -0.493 e. The number of methoxy groups -OCH3 is 2. The second-order valence-electron chi connectivity index (χ2n) is 9.17. The maximum Gasteiger partial charge on any atom is 0.289 e. The molecule has 0 saturated carbocycles. The second-order valence-corrected chi connectivity index (χ2v) is 9.17. The number of carbonyl (C=O) groups excluding carboxylic acids is 3. The summed E-state index contributed by atoms with van der Waals surface area (Å²) in [6.45, 7) is 6.44. The van der Waals surface area contributed by atoms with Crippen LogP contribution in [0.3, 0.4) is 0 Å². The molecule has 0 radical (unpaired) electrons. The van der Waals surface area contributed by atoms with Crippen LogP contribution in [0.5, 0.6) is 11.5 Å². The molecule has 2 aliphatic heterocycles. The third-order valence-electron chi connectivity index (χ3n) is 6.29. The van der Waals surface area contributed by atoms with Crippen LogP contribution in [0.1, 0.15) is 47.2 Å². The Balaban J connectivity index is 1.32.